The predicted molar refractivity (Wildman–Crippen MR) is 73.4 cm³/mol. The molecule has 3 N–H and O–H groups in total. The molecule has 2 saturated carbocycles. The summed E-state index contributed by atoms with van der Waals surface area (Å²) in [5.74, 6) is 9.31. The van der Waals surface area contributed by atoms with E-state index in [-0.39, 0.29) is 6.04 Å². The Balaban J connectivity index is 1.75. The molecule has 19 heavy (non-hydrogen) atoms. The lowest BCUT2D eigenvalue weighted by molar-refractivity contribution is 0.271. The lowest BCUT2D eigenvalue weighted by Gasteiger charge is -2.26. The fourth-order valence-electron chi connectivity index (χ4n) is 4.21. The minimum absolute atomic E-state index is 0.131. The number of hydrazine groups is 1. The van der Waals surface area contributed by atoms with Crippen molar-refractivity contribution in [1.29, 1.82) is 0 Å². The van der Waals surface area contributed by atoms with Crippen molar-refractivity contribution in [2.45, 2.75) is 38.1 Å². The molecule has 2 fully saturated rings. The number of nitrogens with two attached hydrogens (primary N) is 1. The Bertz CT molecular complexity index is 445. The van der Waals surface area contributed by atoms with E-state index in [1.807, 2.05) is 11.7 Å². The zero-order chi connectivity index (χ0) is 13.4. The smallest absolute Gasteiger partial charge is 0.161 e. The van der Waals surface area contributed by atoms with Crippen LogP contribution in [0.1, 0.15) is 43.8 Å². The Kier molecular flexibility index (Phi) is 3.50. The number of ether oxygens (including phenoxy) is 1. The van der Waals surface area contributed by atoms with Gasteiger partial charge in [-0.05, 0) is 43.4 Å². The van der Waals surface area contributed by atoms with Gasteiger partial charge in [-0.1, -0.05) is 6.42 Å². The SMILES string of the molecule is COc1cnn(C)c1C(CC1CC2CCC1C2)NN. The number of rotatable bonds is 5. The Morgan fingerprint density at radius 2 is 2.37 bits per heavy atom. The lowest BCUT2D eigenvalue weighted by Crippen LogP contribution is -2.32. The van der Waals surface area contributed by atoms with E-state index in [2.05, 4.69) is 10.5 Å². The minimum atomic E-state index is 0.131. The van der Waals surface area contributed by atoms with Crippen LogP contribution in [-0.4, -0.2) is 16.9 Å². The number of hydrogen-bond donors (Lipinski definition) is 2. The highest BCUT2D eigenvalue weighted by molar-refractivity contribution is 5.28. The number of nitrogens with zero attached hydrogens (tertiary/aromatic N) is 2. The van der Waals surface area contributed by atoms with E-state index in [1.54, 1.807) is 13.3 Å². The first-order valence-electron chi connectivity index (χ1n) is 7.25. The molecular weight excluding hydrogens is 240 g/mol. The van der Waals surface area contributed by atoms with Crippen LogP contribution in [0.4, 0.5) is 0 Å². The van der Waals surface area contributed by atoms with Gasteiger partial charge in [0.15, 0.2) is 5.75 Å². The van der Waals surface area contributed by atoms with Crippen molar-refractivity contribution in [3.05, 3.63) is 11.9 Å². The highest BCUT2D eigenvalue weighted by atomic mass is 16.5. The summed E-state index contributed by atoms with van der Waals surface area (Å²) in [6, 6.07) is 0.131. The van der Waals surface area contributed by atoms with Crippen molar-refractivity contribution in [3.63, 3.8) is 0 Å². The second kappa shape index (κ2) is 5.13. The standard InChI is InChI=1S/C14H24N4O/c1-18-14(13(19-2)8-16-18)12(17-15)7-11-6-9-3-4-10(11)5-9/h8-12,17H,3-7,15H2,1-2H3. The summed E-state index contributed by atoms with van der Waals surface area (Å²) in [7, 11) is 3.63. The maximum atomic E-state index is 5.79. The number of aryl methyl sites for hydroxylation is 1. The first kappa shape index (κ1) is 12.9. The second-order valence-electron chi connectivity index (χ2n) is 6.11. The van der Waals surface area contributed by atoms with Crippen molar-refractivity contribution < 1.29 is 4.74 Å². The lowest BCUT2D eigenvalue weighted by atomic mass is 9.83. The molecule has 0 aliphatic heterocycles. The first-order valence-corrected chi connectivity index (χ1v) is 7.25. The molecule has 3 rings (SSSR count). The first-order chi connectivity index (χ1) is 9.22. The molecule has 2 aliphatic rings. The van der Waals surface area contributed by atoms with Gasteiger partial charge >= 0.3 is 0 Å². The summed E-state index contributed by atoms with van der Waals surface area (Å²) < 4.78 is 7.27. The number of aromatic nitrogens is 2. The van der Waals surface area contributed by atoms with E-state index >= 15 is 0 Å². The highest BCUT2D eigenvalue weighted by Crippen LogP contribution is 2.51. The van der Waals surface area contributed by atoms with Gasteiger partial charge in [0.1, 0.15) is 0 Å². The van der Waals surface area contributed by atoms with Crippen LogP contribution in [0.5, 0.6) is 5.75 Å². The zero-order valence-electron chi connectivity index (χ0n) is 11.8. The normalized spacial score (nSPS) is 30.8. The van der Waals surface area contributed by atoms with Crippen LogP contribution in [0.25, 0.3) is 0 Å². The summed E-state index contributed by atoms with van der Waals surface area (Å²) in [6.45, 7) is 0. The maximum absolute atomic E-state index is 5.79. The van der Waals surface area contributed by atoms with Crippen LogP contribution in [0, 0.1) is 17.8 Å². The van der Waals surface area contributed by atoms with Gasteiger partial charge in [0.05, 0.1) is 25.0 Å². The minimum Gasteiger partial charge on any atom is -0.493 e. The van der Waals surface area contributed by atoms with Crippen molar-refractivity contribution >= 4 is 0 Å². The summed E-state index contributed by atoms with van der Waals surface area (Å²) in [5.41, 5.74) is 4.03. The molecule has 0 saturated heterocycles. The van der Waals surface area contributed by atoms with Crippen molar-refractivity contribution in [1.82, 2.24) is 15.2 Å². The van der Waals surface area contributed by atoms with Crippen molar-refractivity contribution in [2.75, 3.05) is 7.11 Å². The average molecular weight is 264 g/mol. The van der Waals surface area contributed by atoms with Crippen LogP contribution < -0.4 is 16.0 Å². The third-order valence-electron chi connectivity index (χ3n) is 5.12. The van der Waals surface area contributed by atoms with Gasteiger partial charge in [-0.15, -0.1) is 0 Å². The quantitative estimate of drug-likeness (QED) is 0.628. The molecule has 0 radical (unpaired) electrons. The molecule has 1 aromatic heterocycles. The molecule has 4 unspecified atom stereocenters. The molecular formula is C14H24N4O. The fraction of sp³-hybridized carbons (Fsp3) is 0.786. The topological polar surface area (TPSA) is 65.1 Å². The molecule has 106 valence electrons. The second-order valence-corrected chi connectivity index (χ2v) is 6.11. The summed E-state index contributed by atoms with van der Waals surface area (Å²) >= 11 is 0. The highest BCUT2D eigenvalue weighted by Gasteiger charge is 2.40. The molecule has 2 aliphatic carbocycles. The number of nitrogens with one attached hydrogen (secondary N) is 1. The molecule has 2 bridgehead atoms. The number of methoxy groups -OCH3 is 1. The van der Waals surface area contributed by atoms with Gasteiger partial charge in [-0.3, -0.25) is 16.0 Å². The van der Waals surface area contributed by atoms with Crippen LogP contribution in [0.15, 0.2) is 6.20 Å². The van der Waals surface area contributed by atoms with Crippen molar-refractivity contribution in [2.24, 2.45) is 30.6 Å². The largest absolute Gasteiger partial charge is 0.493 e. The van der Waals surface area contributed by atoms with Gasteiger partial charge < -0.3 is 4.74 Å². The van der Waals surface area contributed by atoms with E-state index in [4.69, 9.17) is 10.6 Å². The van der Waals surface area contributed by atoms with E-state index < -0.39 is 0 Å². The van der Waals surface area contributed by atoms with E-state index in [9.17, 15) is 0 Å². The average Bonchev–Trinajstić information content (AvgIpc) is 3.11. The molecule has 5 nitrogen and oxygen atoms in total. The van der Waals surface area contributed by atoms with Gasteiger partial charge in [-0.2, -0.15) is 5.10 Å². The molecule has 0 spiro atoms. The Morgan fingerprint density at radius 3 is 2.95 bits per heavy atom. The number of fused-ring (bicyclic) bond motifs is 2. The van der Waals surface area contributed by atoms with Crippen LogP contribution >= 0.6 is 0 Å². The molecule has 5 heteroatoms. The van der Waals surface area contributed by atoms with Crippen LogP contribution in [0.3, 0.4) is 0 Å². The summed E-state index contributed by atoms with van der Waals surface area (Å²) in [5, 5.41) is 4.27. The van der Waals surface area contributed by atoms with Gasteiger partial charge in [0, 0.05) is 7.05 Å². The number of hydrogen-bond acceptors (Lipinski definition) is 4. The Morgan fingerprint density at radius 1 is 1.53 bits per heavy atom. The van der Waals surface area contributed by atoms with E-state index in [0.717, 1.165) is 35.6 Å². The van der Waals surface area contributed by atoms with E-state index in [0.29, 0.717) is 0 Å². The third-order valence-corrected chi connectivity index (χ3v) is 5.12. The van der Waals surface area contributed by atoms with Crippen LogP contribution in [0.2, 0.25) is 0 Å². The van der Waals surface area contributed by atoms with E-state index in [1.165, 1.54) is 25.7 Å². The Hall–Kier alpha value is -1.07. The monoisotopic (exact) mass is 264 g/mol. The predicted octanol–water partition coefficient (Wildman–Crippen LogP) is 1.76. The fourth-order valence-corrected chi connectivity index (χ4v) is 4.21. The molecule has 1 aromatic rings. The summed E-state index contributed by atoms with van der Waals surface area (Å²) in [4.78, 5) is 0. The molecule has 0 amide bonds. The van der Waals surface area contributed by atoms with Gasteiger partial charge in [-0.25, -0.2) is 0 Å². The maximum Gasteiger partial charge on any atom is 0.161 e. The zero-order valence-corrected chi connectivity index (χ0v) is 11.8. The summed E-state index contributed by atoms with van der Waals surface area (Å²) in [6.07, 6.45) is 8.52. The van der Waals surface area contributed by atoms with Gasteiger partial charge in [0.2, 0.25) is 0 Å². The third kappa shape index (κ3) is 2.25. The van der Waals surface area contributed by atoms with Crippen LogP contribution in [-0.2, 0) is 7.05 Å². The van der Waals surface area contributed by atoms with Gasteiger partial charge in [0.25, 0.3) is 0 Å². The molecule has 1 heterocycles. The van der Waals surface area contributed by atoms with Crippen molar-refractivity contribution in [3.8, 4) is 5.75 Å². The molecule has 0 aromatic carbocycles. The Labute approximate surface area is 114 Å². The molecule has 4 atom stereocenters.